The van der Waals surface area contributed by atoms with E-state index in [4.69, 9.17) is 16.9 Å². The predicted molar refractivity (Wildman–Crippen MR) is 78.0 cm³/mol. The van der Waals surface area contributed by atoms with Crippen LogP contribution in [0, 0.1) is 17.1 Å². The van der Waals surface area contributed by atoms with Gasteiger partial charge in [-0.1, -0.05) is 24.6 Å². The van der Waals surface area contributed by atoms with Gasteiger partial charge in [0, 0.05) is 32.7 Å². The number of hydrogen-bond acceptors (Lipinski definition) is 3. The van der Waals surface area contributed by atoms with Gasteiger partial charge in [0.2, 0.25) is 0 Å². The van der Waals surface area contributed by atoms with Gasteiger partial charge >= 0.3 is 0 Å². The van der Waals surface area contributed by atoms with Crippen molar-refractivity contribution in [3.05, 3.63) is 34.6 Å². The van der Waals surface area contributed by atoms with Gasteiger partial charge in [-0.25, -0.2) is 4.39 Å². The van der Waals surface area contributed by atoms with Crippen LogP contribution < -0.4 is 0 Å². The molecular formula is C15H19ClFN3. The van der Waals surface area contributed by atoms with Gasteiger partial charge in [0.15, 0.2) is 0 Å². The van der Waals surface area contributed by atoms with E-state index in [9.17, 15) is 4.39 Å². The SMILES string of the molecule is CCC(C#N)N1CCN(Cc2ccc(F)c(Cl)c2)CC1. The van der Waals surface area contributed by atoms with Gasteiger partial charge in [-0.15, -0.1) is 0 Å². The summed E-state index contributed by atoms with van der Waals surface area (Å²) in [6.07, 6.45) is 0.865. The lowest BCUT2D eigenvalue weighted by molar-refractivity contribution is 0.108. The van der Waals surface area contributed by atoms with E-state index in [2.05, 4.69) is 15.9 Å². The second-order valence-electron chi connectivity index (χ2n) is 5.11. The lowest BCUT2D eigenvalue weighted by Crippen LogP contribution is -2.49. The van der Waals surface area contributed by atoms with Gasteiger partial charge in [-0.05, 0) is 24.1 Å². The molecule has 3 nitrogen and oxygen atoms in total. The van der Waals surface area contributed by atoms with Crippen molar-refractivity contribution in [1.82, 2.24) is 9.80 Å². The molecule has 108 valence electrons. The number of piperazine rings is 1. The van der Waals surface area contributed by atoms with Crippen molar-refractivity contribution < 1.29 is 4.39 Å². The average molecular weight is 296 g/mol. The first-order valence-corrected chi connectivity index (χ1v) is 7.31. The van der Waals surface area contributed by atoms with E-state index in [1.54, 1.807) is 12.1 Å². The fraction of sp³-hybridized carbons (Fsp3) is 0.533. The largest absolute Gasteiger partial charge is 0.297 e. The second-order valence-corrected chi connectivity index (χ2v) is 5.52. The van der Waals surface area contributed by atoms with Crippen LogP contribution in [0.4, 0.5) is 4.39 Å². The highest BCUT2D eigenvalue weighted by molar-refractivity contribution is 6.30. The minimum Gasteiger partial charge on any atom is -0.297 e. The van der Waals surface area contributed by atoms with Crippen LogP contribution in [0.15, 0.2) is 18.2 Å². The third-order valence-corrected chi connectivity index (χ3v) is 4.06. The molecule has 5 heteroatoms. The van der Waals surface area contributed by atoms with E-state index in [0.717, 1.165) is 44.7 Å². The lowest BCUT2D eigenvalue weighted by atomic mass is 10.1. The molecule has 1 fully saturated rings. The van der Waals surface area contributed by atoms with Crippen LogP contribution in [0.25, 0.3) is 0 Å². The number of halogens is 2. The smallest absolute Gasteiger partial charge is 0.141 e. The topological polar surface area (TPSA) is 30.3 Å². The Balaban J connectivity index is 1.88. The van der Waals surface area contributed by atoms with Gasteiger partial charge in [0.25, 0.3) is 0 Å². The molecule has 0 spiro atoms. The summed E-state index contributed by atoms with van der Waals surface area (Å²) in [7, 11) is 0. The number of benzene rings is 1. The van der Waals surface area contributed by atoms with E-state index >= 15 is 0 Å². The molecule has 1 heterocycles. The quantitative estimate of drug-likeness (QED) is 0.855. The Morgan fingerprint density at radius 2 is 2.05 bits per heavy atom. The Hall–Kier alpha value is -1.15. The van der Waals surface area contributed by atoms with Crippen LogP contribution in [0.1, 0.15) is 18.9 Å². The van der Waals surface area contributed by atoms with E-state index < -0.39 is 0 Å². The summed E-state index contributed by atoms with van der Waals surface area (Å²) in [6, 6.07) is 7.25. The van der Waals surface area contributed by atoms with E-state index in [0.29, 0.717) is 0 Å². The molecule has 1 unspecified atom stereocenters. The number of nitrogens with zero attached hydrogens (tertiary/aromatic N) is 3. The Labute approximate surface area is 124 Å². The zero-order valence-electron chi connectivity index (χ0n) is 11.6. The molecule has 1 saturated heterocycles. The highest BCUT2D eigenvalue weighted by atomic mass is 35.5. The van der Waals surface area contributed by atoms with Gasteiger partial charge < -0.3 is 0 Å². The van der Waals surface area contributed by atoms with E-state index in [-0.39, 0.29) is 16.9 Å². The molecular weight excluding hydrogens is 277 g/mol. The van der Waals surface area contributed by atoms with Crippen LogP contribution in [-0.4, -0.2) is 42.0 Å². The third-order valence-electron chi connectivity index (χ3n) is 3.77. The van der Waals surface area contributed by atoms with Gasteiger partial charge in [0.05, 0.1) is 17.1 Å². The Kier molecular flexibility index (Phi) is 5.36. The summed E-state index contributed by atoms with van der Waals surface area (Å²) >= 11 is 5.80. The van der Waals surface area contributed by atoms with Crippen molar-refractivity contribution in [3.8, 4) is 6.07 Å². The molecule has 1 aliphatic rings. The summed E-state index contributed by atoms with van der Waals surface area (Å²) < 4.78 is 13.1. The standard InChI is InChI=1S/C15H19ClFN3/c1-2-13(10-18)20-7-5-19(6-8-20)11-12-3-4-15(17)14(16)9-12/h3-4,9,13H,2,5-8,11H2,1H3. The molecule has 1 atom stereocenters. The molecule has 0 N–H and O–H groups in total. The monoisotopic (exact) mass is 295 g/mol. The molecule has 1 aliphatic heterocycles. The third kappa shape index (κ3) is 3.69. The van der Waals surface area contributed by atoms with Gasteiger partial charge in [-0.2, -0.15) is 5.26 Å². The summed E-state index contributed by atoms with van der Waals surface area (Å²) in [6.45, 7) is 6.47. The first kappa shape index (κ1) is 15.2. The normalized spacial score (nSPS) is 18.7. The van der Waals surface area contributed by atoms with Crippen molar-refractivity contribution >= 4 is 11.6 Å². The molecule has 0 aliphatic carbocycles. The molecule has 0 bridgehead atoms. The number of nitriles is 1. The van der Waals surface area contributed by atoms with Crippen molar-refractivity contribution in [2.75, 3.05) is 26.2 Å². The van der Waals surface area contributed by atoms with Crippen LogP contribution in [0.2, 0.25) is 5.02 Å². The molecule has 1 aromatic carbocycles. The maximum absolute atomic E-state index is 13.1. The molecule has 0 saturated carbocycles. The number of hydrogen-bond donors (Lipinski definition) is 0. The highest BCUT2D eigenvalue weighted by Crippen LogP contribution is 2.18. The molecule has 0 amide bonds. The number of rotatable bonds is 4. The van der Waals surface area contributed by atoms with Crippen LogP contribution in [0.5, 0.6) is 0 Å². The van der Waals surface area contributed by atoms with Crippen LogP contribution >= 0.6 is 11.6 Å². The first-order chi connectivity index (χ1) is 9.63. The van der Waals surface area contributed by atoms with Crippen molar-refractivity contribution in [2.45, 2.75) is 25.9 Å². The fourth-order valence-corrected chi connectivity index (χ4v) is 2.76. The minimum absolute atomic E-state index is 0.0254. The Morgan fingerprint density at radius 1 is 1.35 bits per heavy atom. The maximum atomic E-state index is 13.1. The van der Waals surface area contributed by atoms with Crippen molar-refractivity contribution in [3.63, 3.8) is 0 Å². The second kappa shape index (κ2) is 7.03. The molecule has 20 heavy (non-hydrogen) atoms. The maximum Gasteiger partial charge on any atom is 0.141 e. The molecule has 0 aromatic heterocycles. The molecule has 1 aromatic rings. The van der Waals surface area contributed by atoms with E-state index in [1.165, 1.54) is 6.07 Å². The highest BCUT2D eigenvalue weighted by Gasteiger charge is 2.22. The zero-order chi connectivity index (χ0) is 14.5. The van der Waals surface area contributed by atoms with Crippen LogP contribution in [-0.2, 0) is 6.54 Å². The van der Waals surface area contributed by atoms with Crippen LogP contribution in [0.3, 0.4) is 0 Å². The van der Waals surface area contributed by atoms with Gasteiger partial charge in [-0.3, -0.25) is 9.80 Å². The summed E-state index contributed by atoms with van der Waals surface area (Å²) in [5, 5.41) is 9.26. The molecule has 2 rings (SSSR count). The Morgan fingerprint density at radius 3 is 2.60 bits per heavy atom. The van der Waals surface area contributed by atoms with Crippen molar-refractivity contribution in [1.29, 1.82) is 5.26 Å². The fourth-order valence-electron chi connectivity index (χ4n) is 2.56. The van der Waals surface area contributed by atoms with E-state index in [1.807, 2.05) is 6.92 Å². The van der Waals surface area contributed by atoms with Crippen molar-refractivity contribution in [2.24, 2.45) is 0 Å². The summed E-state index contributed by atoms with van der Waals surface area (Å²) in [5.41, 5.74) is 1.03. The zero-order valence-corrected chi connectivity index (χ0v) is 12.4. The molecule has 0 radical (unpaired) electrons. The average Bonchev–Trinajstić information content (AvgIpc) is 2.46. The van der Waals surface area contributed by atoms with Gasteiger partial charge in [0.1, 0.15) is 5.82 Å². The summed E-state index contributed by atoms with van der Waals surface area (Å²) in [5.74, 6) is -0.375. The Bertz CT molecular complexity index is 492. The summed E-state index contributed by atoms with van der Waals surface area (Å²) in [4.78, 5) is 4.54. The predicted octanol–water partition coefficient (Wildman–Crippen LogP) is 2.90. The first-order valence-electron chi connectivity index (χ1n) is 6.94. The lowest BCUT2D eigenvalue weighted by Gasteiger charge is -2.36. The minimum atomic E-state index is -0.375.